The molecule has 0 aliphatic carbocycles. The molecule has 0 atom stereocenters. The molecule has 10 heteroatoms. The third-order valence-electron chi connectivity index (χ3n) is 5.49. The van der Waals surface area contributed by atoms with Gasteiger partial charge in [0, 0.05) is 29.2 Å². The summed E-state index contributed by atoms with van der Waals surface area (Å²) >= 11 is 0. The van der Waals surface area contributed by atoms with E-state index in [0.29, 0.717) is 51.7 Å². The first-order valence-corrected chi connectivity index (χ1v) is 10.1. The zero-order valence-electron chi connectivity index (χ0n) is 17.2. The molecule has 32 heavy (non-hydrogen) atoms. The molecule has 3 heterocycles. The molecule has 0 fully saturated rings. The van der Waals surface area contributed by atoms with Crippen LogP contribution in [0.25, 0.3) is 44.2 Å². The summed E-state index contributed by atoms with van der Waals surface area (Å²) in [5, 5.41) is 0.707. The molecule has 3 aromatic heterocycles. The molecule has 0 unspecified atom stereocenters. The van der Waals surface area contributed by atoms with Gasteiger partial charge in [0.05, 0.1) is 34.7 Å². The molecule has 0 bridgehead atoms. The maximum Gasteiger partial charge on any atom is 0.337 e. The fourth-order valence-corrected chi connectivity index (χ4v) is 3.98. The van der Waals surface area contributed by atoms with E-state index in [2.05, 4.69) is 19.9 Å². The summed E-state index contributed by atoms with van der Waals surface area (Å²) in [7, 11) is 1.32. The number of esters is 1. The van der Waals surface area contributed by atoms with Crippen molar-refractivity contribution in [2.24, 2.45) is 5.73 Å². The monoisotopic (exact) mass is 432 g/mol. The number of nitrogens with zero attached hydrogens (tertiary/aromatic N) is 2. The van der Waals surface area contributed by atoms with E-state index in [9.17, 15) is 14.4 Å². The SMILES string of the molecule is COC(=O)c1ccc2c(c1)c(-c1nc3cc4[nH]c(=O)[nH]c4cc3[nH]c1=O)cn2CCCN. The molecule has 2 aromatic carbocycles. The Hall–Kier alpha value is -4.18. The summed E-state index contributed by atoms with van der Waals surface area (Å²) in [5.41, 5.74) is 9.20. The van der Waals surface area contributed by atoms with Crippen molar-refractivity contribution in [3.05, 3.63) is 62.9 Å². The number of benzene rings is 2. The van der Waals surface area contributed by atoms with Gasteiger partial charge in [-0.2, -0.15) is 0 Å². The fraction of sp³-hybridized carbons (Fsp3) is 0.182. The molecular weight excluding hydrogens is 412 g/mol. The highest BCUT2D eigenvalue weighted by molar-refractivity contribution is 6.01. The molecular formula is C22H20N6O4. The number of rotatable bonds is 5. The highest BCUT2D eigenvalue weighted by Crippen LogP contribution is 2.30. The Morgan fingerprint density at radius 2 is 1.88 bits per heavy atom. The van der Waals surface area contributed by atoms with Crippen LogP contribution in [0.3, 0.4) is 0 Å². The van der Waals surface area contributed by atoms with E-state index in [1.54, 1.807) is 24.3 Å². The number of fused-ring (bicyclic) bond motifs is 3. The number of carbonyl (C=O) groups excluding carboxylic acids is 1. The summed E-state index contributed by atoms with van der Waals surface area (Å²) in [6, 6.07) is 8.59. The number of aromatic amines is 3. The normalized spacial score (nSPS) is 11.6. The van der Waals surface area contributed by atoms with E-state index in [1.165, 1.54) is 7.11 Å². The zero-order chi connectivity index (χ0) is 22.4. The Morgan fingerprint density at radius 1 is 1.09 bits per heavy atom. The molecule has 5 N–H and O–H groups in total. The second-order valence-corrected chi connectivity index (χ2v) is 7.51. The lowest BCUT2D eigenvalue weighted by molar-refractivity contribution is 0.0601. The van der Waals surface area contributed by atoms with Gasteiger partial charge in [0.2, 0.25) is 0 Å². The van der Waals surface area contributed by atoms with Crippen LogP contribution in [-0.4, -0.2) is 44.1 Å². The first kappa shape index (κ1) is 19.8. The van der Waals surface area contributed by atoms with Crippen molar-refractivity contribution in [2.45, 2.75) is 13.0 Å². The number of aryl methyl sites for hydroxylation is 1. The van der Waals surface area contributed by atoms with Crippen molar-refractivity contribution in [1.29, 1.82) is 0 Å². The van der Waals surface area contributed by atoms with Crippen LogP contribution in [0.15, 0.2) is 46.1 Å². The van der Waals surface area contributed by atoms with E-state index >= 15 is 0 Å². The van der Waals surface area contributed by atoms with E-state index in [1.807, 2.05) is 16.8 Å². The number of hydrogen-bond donors (Lipinski definition) is 4. The van der Waals surface area contributed by atoms with Crippen LogP contribution in [0.1, 0.15) is 16.8 Å². The van der Waals surface area contributed by atoms with Gasteiger partial charge in [0.1, 0.15) is 5.69 Å². The molecule has 0 amide bonds. The number of imidazole rings is 1. The van der Waals surface area contributed by atoms with E-state index in [-0.39, 0.29) is 16.9 Å². The predicted molar refractivity (Wildman–Crippen MR) is 121 cm³/mol. The van der Waals surface area contributed by atoms with Crippen LogP contribution in [0.2, 0.25) is 0 Å². The van der Waals surface area contributed by atoms with Gasteiger partial charge in [0.25, 0.3) is 5.56 Å². The van der Waals surface area contributed by atoms with E-state index in [4.69, 9.17) is 10.5 Å². The minimum Gasteiger partial charge on any atom is -0.465 e. The quantitative estimate of drug-likeness (QED) is 0.311. The van der Waals surface area contributed by atoms with Gasteiger partial charge in [-0.05, 0) is 43.3 Å². The van der Waals surface area contributed by atoms with Crippen LogP contribution in [0.4, 0.5) is 0 Å². The number of H-pyrrole nitrogens is 3. The molecule has 5 rings (SSSR count). The van der Waals surface area contributed by atoms with Crippen LogP contribution in [0, 0.1) is 0 Å². The summed E-state index contributed by atoms with van der Waals surface area (Å²) in [5.74, 6) is -0.466. The van der Waals surface area contributed by atoms with Gasteiger partial charge in [-0.1, -0.05) is 0 Å². The average molecular weight is 432 g/mol. The largest absolute Gasteiger partial charge is 0.465 e. The zero-order valence-corrected chi connectivity index (χ0v) is 17.2. The lowest BCUT2D eigenvalue weighted by Crippen LogP contribution is -2.11. The summed E-state index contributed by atoms with van der Waals surface area (Å²) in [6.07, 6.45) is 2.60. The Bertz CT molecular complexity index is 1620. The van der Waals surface area contributed by atoms with Crippen molar-refractivity contribution in [2.75, 3.05) is 13.7 Å². The van der Waals surface area contributed by atoms with Gasteiger partial charge in [-0.15, -0.1) is 0 Å². The maximum atomic E-state index is 13.0. The minimum absolute atomic E-state index is 0.216. The number of nitrogens with two attached hydrogens (primary N) is 1. The molecule has 0 spiro atoms. The third kappa shape index (κ3) is 3.17. The van der Waals surface area contributed by atoms with Gasteiger partial charge in [-0.3, -0.25) is 4.79 Å². The van der Waals surface area contributed by atoms with Gasteiger partial charge in [0.15, 0.2) is 0 Å². The average Bonchev–Trinajstić information content (AvgIpc) is 3.33. The molecule has 0 saturated heterocycles. The van der Waals surface area contributed by atoms with Gasteiger partial charge >= 0.3 is 11.7 Å². The highest BCUT2D eigenvalue weighted by Gasteiger charge is 2.18. The van der Waals surface area contributed by atoms with E-state index < -0.39 is 5.97 Å². The standard InChI is InChI=1S/C22H20N6O4/c1-32-21(30)11-3-4-18-12(7-11)13(10-28(18)6-2-5-23)19-20(29)25-15-9-17-16(8-14(15)24-19)26-22(31)27-17/h3-4,7-10H,2,5-6,23H2,1H3,(H,25,29)(H2,26,27,31). The molecule has 0 aliphatic heterocycles. The van der Waals surface area contributed by atoms with Crippen molar-refractivity contribution < 1.29 is 9.53 Å². The van der Waals surface area contributed by atoms with Crippen molar-refractivity contribution in [3.8, 4) is 11.3 Å². The summed E-state index contributed by atoms with van der Waals surface area (Å²) in [4.78, 5) is 49.5. The number of nitrogens with one attached hydrogen (secondary N) is 3. The lowest BCUT2D eigenvalue weighted by Gasteiger charge is -2.05. The smallest absolute Gasteiger partial charge is 0.337 e. The Kier molecular flexibility index (Phi) is 4.63. The summed E-state index contributed by atoms with van der Waals surface area (Å²) in [6.45, 7) is 1.18. The second kappa shape index (κ2) is 7.50. The second-order valence-electron chi connectivity index (χ2n) is 7.51. The van der Waals surface area contributed by atoms with Gasteiger partial charge in [-0.25, -0.2) is 14.6 Å². The number of hydrogen-bond acceptors (Lipinski definition) is 6. The number of carbonyl (C=O) groups is 1. The first-order valence-electron chi connectivity index (χ1n) is 10.1. The summed E-state index contributed by atoms with van der Waals surface area (Å²) < 4.78 is 6.85. The molecule has 5 aromatic rings. The van der Waals surface area contributed by atoms with E-state index in [0.717, 1.165) is 11.9 Å². The van der Waals surface area contributed by atoms with Gasteiger partial charge < -0.3 is 30.0 Å². The first-order chi connectivity index (χ1) is 15.5. The molecule has 162 valence electrons. The van der Waals surface area contributed by atoms with Crippen LogP contribution >= 0.6 is 0 Å². The molecule has 10 nitrogen and oxygen atoms in total. The fourth-order valence-electron chi connectivity index (χ4n) is 3.98. The van der Waals surface area contributed by atoms with Crippen LogP contribution in [0.5, 0.6) is 0 Å². The van der Waals surface area contributed by atoms with Crippen molar-refractivity contribution >= 4 is 38.9 Å². The topological polar surface area (TPSA) is 152 Å². The predicted octanol–water partition coefficient (Wildman–Crippen LogP) is 1.85. The number of methoxy groups -OCH3 is 1. The Morgan fingerprint density at radius 3 is 2.62 bits per heavy atom. The van der Waals surface area contributed by atoms with Crippen LogP contribution < -0.4 is 17.0 Å². The number of aromatic nitrogens is 5. The minimum atomic E-state index is -0.466. The molecule has 0 saturated carbocycles. The third-order valence-corrected chi connectivity index (χ3v) is 5.49. The lowest BCUT2D eigenvalue weighted by atomic mass is 10.1. The Balaban J connectivity index is 1.77. The van der Waals surface area contributed by atoms with Crippen LogP contribution in [-0.2, 0) is 11.3 Å². The molecule has 0 aliphatic rings. The highest BCUT2D eigenvalue weighted by atomic mass is 16.5. The molecule has 0 radical (unpaired) electrons. The van der Waals surface area contributed by atoms with Crippen molar-refractivity contribution in [1.82, 2.24) is 24.5 Å². The Labute approximate surface area is 180 Å². The maximum absolute atomic E-state index is 13.0. The van der Waals surface area contributed by atoms with Crippen molar-refractivity contribution in [3.63, 3.8) is 0 Å². The number of ether oxygens (including phenoxy) is 1.